The number of aryl methyl sites for hydroxylation is 1. The number of ether oxygens (including phenoxy) is 1. The van der Waals surface area contributed by atoms with Crippen LogP contribution in [0.25, 0.3) is 17.3 Å². The van der Waals surface area contributed by atoms with Crippen molar-refractivity contribution >= 4 is 35.2 Å². The summed E-state index contributed by atoms with van der Waals surface area (Å²) in [7, 11) is 0. The SMILES string of the molecule is Cc1ccc(NC(=O)Nc2cncc(-c3ccc4c(c3)C=CC(=C=O)N4CC3(C)COC3)n2)cn1. The van der Waals surface area contributed by atoms with Crippen molar-refractivity contribution in [3.63, 3.8) is 0 Å². The molecular formula is C26H24N6O3. The molecule has 0 unspecified atom stereocenters. The van der Waals surface area contributed by atoms with Gasteiger partial charge in [0.25, 0.3) is 0 Å². The van der Waals surface area contributed by atoms with Gasteiger partial charge >= 0.3 is 6.03 Å². The Balaban J connectivity index is 1.35. The van der Waals surface area contributed by atoms with Crippen molar-refractivity contribution < 1.29 is 14.3 Å². The van der Waals surface area contributed by atoms with E-state index in [1.165, 1.54) is 6.20 Å². The minimum atomic E-state index is -0.437. The van der Waals surface area contributed by atoms with Crippen LogP contribution in [0.2, 0.25) is 0 Å². The predicted octanol–water partition coefficient (Wildman–Crippen LogP) is 4.08. The molecule has 2 N–H and O–H groups in total. The molecule has 1 aromatic carbocycles. The van der Waals surface area contributed by atoms with Gasteiger partial charge in [-0.05, 0) is 42.8 Å². The van der Waals surface area contributed by atoms with Crippen LogP contribution in [0.1, 0.15) is 18.2 Å². The van der Waals surface area contributed by atoms with Gasteiger partial charge in [0.15, 0.2) is 11.8 Å². The normalized spacial score (nSPS) is 15.6. The number of carbonyl (C=O) groups is 1. The number of pyridine rings is 1. The van der Waals surface area contributed by atoms with Crippen molar-refractivity contribution in [1.82, 2.24) is 15.0 Å². The maximum Gasteiger partial charge on any atom is 0.324 e. The van der Waals surface area contributed by atoms with Crippen LogP contribution in [0.4, 0.5) is 22.0 Å². The number of nitrogens with one attached hydrogen (secondary N) is 2. The van der Waals surface area contributed by atoms with E-state index in [1.54, 1.807) is 24.5 Å². The molecule has 2 aliphatic rings. The Morgan fingerprint density at radius 3 is 2.71 bits per heavy atom. The number of anilines is 3. The number of rotatable bonds is 5. The van der Waals surface area contributed by atoms with E-state index in [9.17, 15) is 9.59 Å². The fourth-order valence-electron chi connectivity index (χ4n) is 4.05. The summed E-state index contributed by atoms with van der Waals surface area (Å²) in [6.07, 6.45) is 8.38. The van der Waals surface area contributed by atoms with E-state index in [0.717, 1.165) is 22.5 Å². The van der Waals surface area contributed by atoms with Crippen molar-refractivity contribution in [2.24, 2.45) is 5.41 Å². The van der Waals surface area contributed by atoms with Gasteiger partial charge in [0.2, 0.25) is 0 Å². The molecule has 9 nitrogen and oxygen atoms in total. The number of urea groups is 1. The molecular weight excluding hydrogens is 444 g/mol. The van der Waals surface area contributed by atoms with E-state index >= 15 is 0 Å². The largest absolute Gasteiger partial charge is 0.380 e. The highest BCUT2D eigenvalue weighted by molar-refractivity contribution is 5.99. The molecule has 5 rings (SSSR count). The molecule has 0 spiro atoms. The molecule has 3 aromatic rings. The number of aromatic nitrogens is 3. The maximum atomic E-state index is 12.4. The summed E-state index contributed by atoms with van der Waals surface area (Å²) in [5.74, 6) is 2.37. The lowest BCUT2D eigenvalue weighted by molar-refractivity contribution is -0.0949. The first-order chi connectivity index (χ1) is 16.9. The van der Waals surface area contributed by atoms with Gasteiger partial charge in [-0.3, -0.25) is 15.3 Å². The van der Waals surface area contributed by atoms with Crippen LogP contribution in [-0.2, 0) is 9.53 Å². The smallest absolute Gasteiger partial charge is 0.324 e. The Morgan fingerprint density at radius 1 is 1.14 bits per heavy atom. The Labute approximate surface area is 202 Å². The van der Waals surface area contributed by atoms with Gasteiger partial charge in [-0.1, -0.05) is 19.1 Å². The number of nitrogens with zero attached hydrogens (tertiary/aromatic N) is 4. The van der Waals surface area contributed by atoms with E-state index in [-0.39, 0.29) is 5.41 Å². The molecule has 35 heavy (non-hydrogen) atoms. The average molecular weight is 469 g/mol. The lowest BCUT2D eigenvalue weighted by atomic mass is 9.87. The van der Waals surface area contributed by atoms with Crippen LogP contribution in [0.15, 0.2) is 60.7 Å². The van der Waals surface area contributed by atoms with E-state index in [4.69, 9.17) is 4.74 Å². The number of hydrogen-bond acceptors (Lipinski definition) is 7. The summed E-state index contributed by atoms with van der Waals surface area (Å²) in [5, 5.41) is 5.43. The van der Waals surface area contributed by atoms with Gasteiger partial charge in [0.1, 0.15) is 5.70 Å². The van der Waals surface area contributed by atoms with Gasteiger partial charge in [0, 0.05) is 28.9 Å². The Kier molecular flexibility index (Phi) is 5.86. The summed E-state index contributed by atoms with van der Waals surface area (Å²) >= 11 is 0. The van der Waals surface area contributed by atoms with Crippen LogP contribution in [0, 0.1) is 12.3 Å². The minimum Gasteiger partial charge on any atom is -0.380 e. The van der Waals surface area contributed by atoms with Crippen molar-refractivity contribution in [2.75, 3.05) is 35.3 Å². The second kappa shape index (κ2) is 9.13. The van der Waals surface area contributed by atoms with E-state index < -0.39 is 6.03 Å². The molecule has 0 bridgehead atoms. The summed E-state index contributed by atoms with van der Waals surface area (Å²) < 4.78 is 5.38. The molecule has 0 atom stereocenters. The van der Waals surface area contributed by atoms with Crippen LogP contribution in [-0.4, -0.2) is 46.7 Å². The highest BCUT2D eigenvalue weighted by atomic mass is 16.5. The van der Waals surface area contributed by atoms with Crippen molar-refractivity contribution in [1.29, 1.82) is 0 Å². The summed E-state index contributed by atoms with van der Waals surface area (Å²) in [5.41, 5.74) is 5.26. The van der Waals surface area contributed by atoms with Gasteiger partial charge in [0.05, 0.1) is 43.2 Å². The van der Waals surface area contributed by atoms with Crippen LogP contribution >= 0.6 is 0 Å². The third-order valence-corrected chi connectivity index (χ3v) is 5.92. The van der Waals surface area contributed by atoms with Gasteiger partial charge in [-0.2, -0.15) is 0 Å². The molecule has 9 heteroatoms. The number of amides is 2. The monoisotopic (exact) mass is 468 g/mol. The molecule has 2 aromatic heterocycles. The highest BCUT2D eigenvalue weighted by Crippen LogP contribution is 2.37. The first-order valence-corrected chi connectivity index (χ1v) is 11.2. The zero-order valence-corrected chi connectivity index (χ0v) is 19.4. The first kappa shape index (κ1) is 22.5. The van der Waals surface area contributed by atoms with Crippen LogP contribution in [0.3, 0.4) is 0 Å². The lowest BCUT2D eigenvalue weighted by Crippen LogP contribution is -2.49. The second-order valence-electron chi connectivity index (χ2n) is 9.04. The van der Waals surface area contributed by atoms with Crippen LogP contribution in [0.5, 0.6) is 0 Å². The molecule has 4 heterocycles. The van der Waals surface area contributed by atoms with Crippen molar-refractivity contribution in [2.45, 2.75) is 13.8 Å². The Morgan fingerprint density at radius 2 is 2.00 bits per heavy atom. The van der Waals surface area contributed by atoms with Crippen molar-refractivity contribution in [3.8, 4) is 11.3 Å². The van der Waals surface area contributed by atoms with Gasteiger partial charge in [-0.15, -0.1) is 0 Å². The zero-order valence-electron chi connectivity index (χ0n) is 19.4. The molecule has 0 radical (unpaired) electrons. The highest BCUT2D eigenvalue weighted by Gasteiger charge is 2.37. The van der Waals surface area contributed by atoms with E-state index in [0.29, 0.717) is 42.7 Å². The molecule has 2 aliphatic heterocycles. The third-order valence-electron chi connectivity index (χ3n) is 5.92. The quantitative estimate of drug-likeness (QED) is 0.543. The topological polar surface area (TPSA) is 109 Å². The molecule has 1 saturated heterocycles. The Hall–Kier alpha value is -4.33. The van der Waals surface area contributed by atoms with Crippen LogP contribution < -0.4 is 15.5 Å². The fraction of sp³-hybridized carbons (Fsp3) is 0.231. The standard InChI is InChI=1S/C26H24N6O3/c1-17-3-6-20(10-28-17)29-25(34)31-24-12-27-11-22(30-24)18-5-8-23-19(9-18)4-7-21(13-33)32(23)14-26(2)15-35-16-26/h3-12H,14-16H2,1-2H3,(H2,29,30,31,34). The number of hydrogen-bond donors (Lipinski definition) is 2. The molecule has 2 amide bonds. The molecule has 0 saturated carbocycles. The molecule has 176 valence electrons. The number of allylic oxidation sites excluding steroid dienone is 1. The minimum absolute atomic E-state index is 0.0100. The van der Waals surface area contributed by atoms with E-state index in [2.05, 4.69) is 38.5 Å². The van der Waals surface area contributed by atoms with Crippen molar-refractivity contribution in [3.05, 3.63) is 72.0 Å². The van der Waals surface area contributed by atoms with E-state index in [1.807, 2.05) is 42.2 Å². The zero-order chi connectivity index (χ0) is 24.4. The maximum absolute atomic E-state index is 12.4. The number of carbonyl (C=O) groups excluding carboxylic acids is 2. The third kappa shape index (κ3) is 4.82. The van der Waals surface area contributed by atoms with Gasteiger partial charge < -0.3 is 15.0 Å². The lowest BCUT2D eigenvalue weighted by Gasteiger charge is -2.43. The summed E-state index contributed by atoms with van der Waals surface area (Å²) in [4.78, 5) is 38.9. The summed E-state index contributed by atoms with van der Waals surface area (Å²) in [6, 6.07) is 9.04. The second-order valence-corrected chi connectivity index (χ2v) is 9.04. The van der Waals surface area contributed by atoms with Gasteiger partial charge in [-0.25, -0.2) is 14.6 Å². The fourth-order valence-corrected chi connectivity index (χ4v) is 4.05. The summed E-state index contributed by atoms with van der Waals surface area (Å²) in [6.45, 7) is 6.01. The first-order valence-electron chi connectivity index (χ1n) is 11.2. The molecule has 1 fully saturated rings. The molecule has 0 aliphatic carbocycles. The number of fused-ring (bicyclic) bond motifs is 1. The number of benzene rings is 1. The predicted molar refractivity (Wildman–Crippen MR) is 134 cm³/mol. The Bertz CT molecular complexity index is 1360. The average Bonchev–Trinajstić information content (AvgIpc) is 2.84.